The van der Waals surface area contributed by atoms with E-state index in [1.807, 2.05) is 48.5 Å². The number of esters is 1. The first-order chi connectivity index (χ1) is 11.9. The summed E-state index contributed by atoms with van der Waals surface area (Å²) >= 11 is 4.33. The number of carbonyl (C=O) groups excluding carboxylic acids is 1. The highest BCUT2D eigenvalue weighted by atomic mass is 127. The van der Waals surface area contributed by atoms with Gasteiger partial charge in [0.15, 0.2) is 0 Å². The molecule has 5 nitrogen and oxygen atoms in total. The van der Waals surface area contributed by atoms with E-state index in [1.165, 1.54) is 7.11 Å². The molecule has 7 heteroatoms. The SMILES string of the molecule is CO.COC(=O)Cc1ccccc1I.O=C(O)Cc1ccccc1I. The van der Waals surface area contributed by atoms with Crippen molar-refractivity contribution in [3.63, 3.8) is 0 Å². The highest BCUT2D eigenvalue weighted by Crippen LogP contribution is 2.12. The Labute approximate surface area is 174 Å². The number of aliphatic hydroxyl groups is 1. The van der Waals surface area contributed by atoms with Crippen LogP contribution >= 0.6 is 45.2 Å². The first-order valence-corrected chi connectivity index (χ1v) is 9.30. The lowest BCUT2D eigenvalue weighted by Gasteiger charge is -2.01. The van der Waals surface area contributed by atoms with Crippen LogP contribution in [-0.2, 0) is 27.2 Å². The third-order valence-corrected chi connectivity index (χ3v) is 4.92. The number of carboxylic acid groups (broad SMARTS) is 1. The standard InChI is InChI=1S/C9H9IO2.C8H7IO2.CH4O/c1-12-9(11)6-7-4-2-3-5-8(7)10;9-7-4-2-1-3-6(7)5-8(10)11;1-2/h2-5H,6H2,1H3;1-4H,5H2,(H,10,11);2H,1H3. The quantitative estimate of drug-likeness (QED) is 0.435. The minimum absolute atomic E-state index is 0.110. The van der Waals surface area contributed by atoms with Crippen molar-refractivity contribution in [1.82, 2.24) is 0 Å². The normalized spacial score (nSPS) is 9.00. The second kappa shape index (κ2) is 14.0. The third-order valence-electron chi connectivity index (χ3n) is 2.82. The second-order valence-electron chi connectivity index (χ2n) is 4.51. The highest BCUT2D eigenvalue weighted by Gasteiger charge is 2.04. The van der Waals surface area contributed by atoms with Gasteiger partial charge >= 0.3 is 11.9 Å². The van der Waals surface area contributed by atoms with Crippen LogP contribution in [0.4, 0.5) is 0 Å². The fraction of sp³-hybridized carbons (Fsp3) is 0.222. The van der Waals surface area contributed by atoms with Crippen molar-refractivity contribution in [2.75, 3.05) is 14.2 Å². The van der Waals surface area contributed by atoms with E-state index in [1.54, 1.807) is 0 Å². The summed E-state index contributed by atoms with van der Waals surface area (Å²) in [7, 11) is 2.40. The van der Waals surface area contributed by atoms with Crippen molar-refractivity contribution in [3.05, 3.63) is 66.8 Å². The molecule has 0 aliphatic rings. The number of halogens is 2. The Balaban J connectivity index is 0.000000421. The van der Waals surface area contributed by atoms with Crippen LogP contribution in [0.1, 0.15) is 11.1 Å². The van der Waals surface area contributed by atoms with Gasteiger partial charge in [0.2, 0.25) is 0 Å². The van der Waals surface area contributed by atoms with E-state index in [9.17, 15) is 9.59 Å². The monoisotopic (exact) mass is 570 g/mol. The summed E-state index contributed by atoms with van der Waals surface area (Å²) in [6, 6.07) is 15.2. The predicted molar refractivity (Wildman–Crippen MR) is 114 cm³/mol. The average Bonchev–Trinajstić information content (AvgIpc) is 2.61. The molecule has 2 aromatic carbocycles. The van der Waals surface area contributed by atoms with Gasteiger partial charge in [0.1, 0.15) is 0 Å². The molecule has 0 heterocycles. The minimum Gasteiger partial charge on any atom is -0.481 e. The van der Waals surface area contributed by atoms with Crippen LogP contribution in [-0.4, -0.2) is 36.4 Å². The summed E-state index contributed by atoms with van der Waals surface area (Å²) in [4.78, 5) is 21.2. The zero-order valence-corrected chi connectivity index (χ0v) is 18.2. The molecule has 136 valence electrons. The maximum atomic E-state index is 10.9. The van der Waals surface area contributed by atoms with E-state index in [2.05, 4.69) is 49.9 Å². The van der Waals surface area contributed by atoms with Crippen LogP contribution in [0.2, 0.25) is 0 Å². The molecule has 0 radical (unpaired) electrons. The van der Waals surface area contributed by atoms with E-state index in [4.69, 9.17) is 10.2 Å². The van der Waals surface area contributed by atoms with Crippen LogP contribution in [0.3, 0.4) is 0 Å². The fourth-order valence-corrected chi connectivity index (χ4v) is 2.83. The molecule has 0 unspecified atom stereocenters. The third kappa shape index (κ3) is 10.4. The van der Waals surface area contributed by atoms with Crippen LogP contribution in [0, 0.1) is 7.14 Å². The summed E-state index contributed by atoms with van der Waals surface area (Å²) in [5, 5.41) is 15.5. The molecular weight excluding hydrogens is 550 g/mol. The number of ether oxygens (including phenoxy) is 1. The molecule has 0 amide bonds. The van der Waals surface area contributed by atoms with Gasteiger partial charge in [0.05, 0.1) is 20.0 Å². The maximum Gasteiger partial charge on any atom is 0.310 e. The Kier molecular flexibility index (Phi) is 13.3. The van der Waals surface area contributed by atoms with Crippen molar-refractivity contribution in [1.29, 1.82) is 0 Å². The highest BCUT2D eigenvalue weighted by molar-refractivity contribution is 14.1. The molecule has 0 aromatic heterocycles. The lowest BCUT2D eigenvalue weighted by Crippen LogP contribution is -2.05. The van der Waals surface area contributed by atoms with E-state index in [0.29, 0.717) is 6.42 Å². The molecule has 0 saturated carbocycles. The topological polar surface area (TPSA) is 83.8 Å². The summed E-state index contributed by atoms with van der Waals surface area (Å²) in [5.41, 5.74) is 1.89. The van der Waals surface area contributed by atoms with Crippen LogP contribution in [0.25, 0.3) is 0 Å². The molecule has 0 fully saturated rings. The zero-order chi connectivity index (χ0) is 19.2. The van der Waals surface area contributed by atoms with Gasteiger partial charge in [-0.2, -0.15) is 0 Å². The van der Waals surface area contributed by atoms with E-state index >= 15 is 0 Å². The zero-order valence-electron chi connectivity index (χ0n) is 13.9. The van der Waals surface area contributed by atoms with Gasteiger partial charge in [-0.3, -0.25) is 9.59 Å². The number of carboxylic acids is 1. The molecule has 0 bridgehead atoms. The van der Waals surface area contributed by atoms with Crippen LogP contribution in [0.15, 0.2) is 48.5 Å². The predicted octanol–water partition coefficient (Wildman–Crippen LogP) is 3.53. The smallest absolute Gasteiger partial charge is 0.310 e. The molecule has 2 N–H and O–H groups in total. The van der Waals surface area contributed by atoms with E-state index in [-0.39, 0.29) is 12.4 Å². The van der Waals surface area contributed by atoms with Gasteiger partial charge in [-0.25, -0.2) is 0 Å². The maximum absolute atomic E-state index is 10.9. The van der Waals surface area contributed by atoms with Crippen molar-refractivity contribution in [3.8, 4) is 0 Å². The van der Waals surface area contributed by atoms with Crippen LogP contribution in [0.5, 0.6) is 0 Å². The van der Waals surface area contributed by atoms with E-state index in [0.717, 1.165) is 25.4 Å². The van der Waals surface area contributed by atoms with Gasteiger partial charge in [-0.05, 0) is 68.4 Å². The molecular formula is C18H20I2O5. The molecule has 0 atom stereocenters. The molecule has 0 aliphatic carbocycles. The number of aliphatic hydroxyl groups excluding tert-OH is 1. The second-order valence-corrected chi connectivity index (χ2v) is 6.83. The number of hydrogen-bond acceptors (Lipinski definition) is 4. The Bertz CT molecular complexity index is 674. The molecule has 2 rings (SSSR count). The fourth-order valence-electron chi connectivity index (χ4n) is 1.67. The summed E-state index contributed by atoms with van der Waals surface area (Å²) in [6.07, 6.45) is 0.467. The van der Waals surface area contributed by atoms with Gasteiger partial charge < -0.3 is 14.9 Å². The number of benzene rings is 2. The summed E-state index contributed by atoms with van der Waals surface area (Å²) < 4.78 is 6.67. The molecule has 2 aromatic rings. The number of hydrogen-bond donors (Lipinski definition) is 2. The first kappa shape index (κ1) is 23.8. The van der Waals surface area contributed by atoms with Crippen molar-refractivity contribution in [2.24, 2.45) is 0 Å². The first-order valence-electron chi connectivity index (χ1n) is 7.14. The molecule has 0 aliphatic heterocycles. The van der Waals surface area contributed by atoms with Gasteiger partial charge in [0.25, 0.3) is 0 Å². The summed E-state index contributed by atoms with van der Waals surface area (Å²) in [6.45, 7) is 0. The number of rotatable bonds is 4. The Hall–Kier alpha value is -1.20. The van der Waals surface area contributed by atoms with Crippen molar-refractivity contribution in [2.45, 2.75) is 12.8 Å². The molecule has 25 heavy (non-hydrogen) atoms. The van der Waals surface area contributed by atoms with Gasteiger partial charge in [0, 0.05) is 14.3 Å². The lowest BCUT2D eigenvalue weighted by molar-refractivity contribution is -0.140. The Morgan fingerprint density at radius 3 is 1.64 bits per heavy atom. The molecule has 0 spiro atoms. The van der Waals surface area contributed by atoms with Gasteiger partial charge in [-0.15, -0.1) is 0 Å². The number of carbonyl (C=O) groups is 2. The summed E-state index contributed by atoms with van der Waals surface area (Å²) in [5.74, 6) is -0.978. The number of aliphatic carboxylic acids is 1. The minimum atomic E-state index is -0.783. The van der Waals surface area contributed by atoms with Crippen molar-refractivity contribution >= 4 is 57.1 Å². The van der Waals surface area contributed by atoms with E-state index < -0.39 is 5.97 Å². The Morgan fingerprint density at radius 1 is 0.880 bits per heavy atom. The number of methoxy groups -OCH3 is 1. The van der Waals surface area contributed by atoms with Crippen molar-refractivity contribution < 1.29 is 24.5 Å². The lowest BCUT2D eigenvalue weighted by atomic mass is 10.2. The average molecular weight is 570 g/mol. The largest absolute Gasteiger partial charge is 0.481 e. The Morgan fingerprint density at radius 2 is 1.28 bits per heavy atom. The molecule has 0 saturated heterocycles. The van der Waals surface area contributed by atoms with Crippen LogP contribution < -0.4 is 0 Å². The van der Waals surface area contributed by atoms with Gasteiger partial charge in [-0.1, -0.05) is 36.4 Å².